The lowest BCUT2D eigenvalue weighted by molar-refractivity contribution is -0.125. The summed E-state index contributed by atoms with van der Waals surface area (Å²) < 4.78 is 0. The Morgan fingerprint density at radius 2 is 1.86 bits per heavy atom. The van der Waals surface area contributed by atoms with Gasteiger partial charge in [0, 0.05) is 12.6 Å². The second-order valence-corrected chi connectivity index (χ2v) is 7.28. The van der Waals surface area contributed by atoms with Crippen LogP contribution in [0.1, 0.15) is 61.0 Å². The quantitative estimate of drug-likeness (QED) is 0.870. The van der Waals surface area contributed by atoms with E-state index < -0.39 is 0 Å². The number of nitrogens with one attached hydrogen (secondary N) is 1. The summed E-state index contributed by atoms with van der Waals surface area (Å²) in [6.07, 6.45) is 8.82. The van der Waals surface area contributed by atoms with Crippen molar-refractivity contribution in [2.75, 3.05) is 6.54 Å². The molecule has 2 aliphatic rings. The summed E-state index contributed by atoms with van der Waals surface area (Å²) in [7, 11) is 0. The number of thiophene rings is 1. The number of hydrogen-bond donors (Lipinski definition) is 1. The van der Waals surface area contributed by atoms with E-state index in [1.807, 2.05) is 17.5 Å². The number of hydrogen-bond acceptors (Lipinski definition) is 3. The third kappa shape index (κ3) is 3.51. The van der Waals surface area contributed by atoms with E-state index in [0.717, 1.165) is 30.6 Å². The number of nitrogens with zero attached hydrogens (tertiary/aromatic N) is 1. The molecule has 1 atom stereocenters. The van der Waals surface area contributed by atoms with Gasteiger partial charge in [-0.3, -0.25) is 9.59 Å². The lowest BCUT2D eigenvalue weighted by atomic mass is 10.1. The molecule has 0 aromatic carbocycles. The Bertz CT molecular complexity index is 507. The van der Waals surface area contributed by atoms with Crippen LogP contribution in [0.4, 0.5) is 0 Å². The molecular weight excluding hydrogens is 296 g/mol. The zero-order valence-electron chi connectivity index (χ0n) is 12.9. The number of carbonyl (C=O) groups is 2. The molecule has 1 aromatic heterocycles. The number of rotatable bonds is 3. The highest BCUT2D eigenvalue weighted by molar-refractivity contribution is 7.12. The Balaban J connectivity index is 1.62. The van der Waals surface area contributed by atoms with Crippen molar-refractivity contribution in [2.24, 2.45) is 0 Å². The maximum atomic E-state index is 12.6. The molecule has 1 aromatic rings. The minimum Gasteiger partial charge on any atom is -0.352 e. The van der Waals surface area contributed by atoms with E-state index in [0.29, 0.717) is 12.6 Å². The van der Waals surface area contributed by atoms with E-state index >= 15 is 0 Å². The number of amides is 2. The Labute approximate surface area is 135 Å². The largest absolute Gasteiger partial charge is 0.352 e. The van der Waals surface area contributed by atoms with E-state index in [1.54, 1.807) is 4.90 Å². The zero-order chi connectivity index (χ0) is 15.4. The maximum absolute atomic E-state index is 12.6. The van der Waals surface area contributed by atoms with Crippen molar-refractivity contribution in [2.45, 2.75) is 63.5 Å². The first-order chi connectivity index (χ1) is 10.8. The molecule has 2 heterocycles. The number of carbonyl (C=O) groups excluding carboxylic acids is 2. The fraction of sp³-hybridized carbons (Fsp3) is 0.647. The van der Waals surface area contributed by atoms with Crippen molar-refractivity contribution in [3.8, 4) is 0 Å². The molecule has 2 fully saturated rings. The van der Waals surface area contributed by atoms with E-state index in [9.17, 15) is 9.59 Å². The zero-order valence-corrected chi connectivity index (χ0v) is 13.7. The normalized spacial score (nSPS) is 23.3. The molecule has 1 aliphatic carbocycles. The minimum atomic E-state index is -0.280. The second kappa shape index (κ2) is 7.27. The van der Waals surface area contributed by atoms with Gasteiger partial charge in [-0.05, 0) is 37.1 Å². The minimum absolute atomic E-state index is 0.00789. The fourth-order valence-electron chi connectivity index (χ4n) is 3.55. The molecule has 0 unspecified atom stereocenters. The lowest BCUT2D eigenvalue weighted by Gasteiger charge is -2.26. The molecule has 0 spiro atoms. The highest BCUT2D eigenvalue weighted by Gasteiger charge is 2.35. The van der Waals surface area contributed by atoms with Gasteiger partial charge in [-0.2, -0.15) is 0 Å². The van der Waals surface area contributed by atoms with Gasteiger partial charge in [0.2, 0.25) is 5.91 Å². The molecular formula is C17H24N2O2S. The predicted octanol–water partition coefficient (Wildman–Crippen LogP) is 3.19. The summed E-state index contributed by atoms with van der Waals surface area (Å²) in [6.45, 7) is 0.694. The van der Waals surface area contributed by atoms with Crippen molar-refractivity contribution < 1.29 is 9.59 Å². The smallest absolute Gasteiger partial charge is 0.264 e. The van der Waals surface area contributed by atoms with Gasteiger partial charge in [-0.25, -0.2) is 0 Å². The van der Waals surface area contributed by atoms with Crippen LogP contribution in [0.5, 0.6) is 0 Å². The molecule has 5 heteroatoms. The monoisotopic (exact) mass is 320 g/mol. The molecule has 3 rings (SSSR count). The molecule has 0 bridgehead atoms. The van der Waals surface area contributed by atoms with Crippen LogP contribution in [0.25, 0.3) is 0 Å². The van der Waals surface area contributed by atoms with Crippen LogP contribution in [-0.4, -0.2) is 35.3 Å². The summed E-state index contributed by atoms with van der Waals surface area (Å²) in [5, 5.41) is 5.11. The van der Waals surface area contributed by atoms with Crippen LogP contribution in [0.2, 0.25) is 0 Å². The highest BCUT2D eigenvalue weighted by atomic mass is 32.1. The van der Waals surface area contributed by atoms with Crippen molar-refractivity contribution in [3.63, 3.8) is 0 Å². The molecule has 120 valence electrons. The topological polar surface area (TPSA) is 49.4 Å². The Kier molecular flexibility index (Phi) is 5.13. The van der Waals surface area contributed by atoms with Crippen LogP contribution in [0.3, 0.4) is 0 Å². The van der Waals surface area contributed by atoms with Crippen LogP contribution in [0.15, 0.2) is 17.5 Å². The standard InChI is InChI=1S/C17H24N2O2S/c20-16(18-13-7-3-1-2-4-8-13)14-9-5-11-19(14)17(21)15-10-6-12-22-15/h6,10,12-14H,1-5,7-9,11H2,(H,18,20)/t14-/m0/s1. The van der Waals surface area contributed by atoms with Gasteiger partial charge in [0.25, 0.3) is 5.91 Å². The van der Waals surface area contributed by atoms with Gasteiger partial charge >= 0.3 is 0 Å². The molecule has 2 amide bonds. The Hall–Kier alpha value is -1.36. The van der Waals surface area contributed by atoms with Crippen molar-refractivity contribution in [1.29, 1.82) is 0 Å². The fourth-order valence-corrected chi connectivity index (χ4v) is 4.22. The average molecular weight is 320 g/mol. The van der Waals surface area contributed by atoms with Crippen LogP contribution < -0.4 is 5.32 Å². The van der Waals surface area contributed by atoms with Crippen molar-refractivity contribution in [3.05, 3.63) is 22.4 Å². The molecule has 1 saturated carbocycles. The van der Waals surface area contributed by atoms with E-state index in [2.05, 4.69) is 5.32 Å². The van der Waals surface area contributed by atoms with Crippen molar-refractivity contribution in [1.82, 2.24) is 10.2 Å². The van der Waals surface area contributed by atoms with E-state index in [-0.39, 0.29) is 17.9 Å². The lowest BCUT2D eigenvalue weighted by Crippen LogP contribution is -2.48. The summed E-state index contributed by atoms with van der Waals surface area (Å²) in [6, 6.07) is 3.74. The average Bonchev–Trinajstić information content (AvgIpc) is 3.16. The highest BCUT2D eigenvalue weighted by Crippen LogP contribution is 2.23. The van der Waals surface area contributed by atoms with Crippen LogP contribution in [0, 0.1) is 0 Å². The van der Waals surface area contributed by atoms with Crippen LogP contribution in [-0.2, 0) is 4.79 Å². The maximum Gasteiger partial charge on any atom is 0.264 e. The summed E-state index contributed by atoms with van der Waals surface area (Å²) in [4.78, 5) is 27.6. The van der Waals surface area contributed by atoms with Crippen molar-refractivity contribution >= 4 is 23.2 Å². The van der Waals surface area contributed by atoms with Gasteiger partial charge in [0.1, 0.15) is 6.04 Å². The van der Waals surface area contributed by atoms with Gasteiger partial charge in [0.15, 0.2) is 0 Å². The first-order valence-electron chi connectivity index (χ1n) is 8.40. The first kappa shape index (κ1) is 15.5. The van der Waals surface area contributed by atoms with Gasteiger partial charge < -0.3 is 10.2 Å². The summed E-state index contributed by atoms with van der Waals surface area (Å²) >= 11 is 1.45. The Morgan fingerprint density at radius 3 is 2.55 bits per heavy atom. The molecule has 4 nitrogen and oxygen atoms in total. The van der Waals surface area contributed by atoms with E-state index in [1.165, 1.54) is 37.0 Å². The van der Waals surface area contributed by atoms with Gasteiger partial charge in [-0.15, -0.1) is 11.3 Å². The third-order valence-electron chi connectivity index (χ3n) is 4.75. The van der Waals surface area contributed by atoms with E-state index in [4.69, 9.17) is 0 Å². The molecule has 1 N–H and O–H groups in total. The third-order valence-corrected chi connectivity index (χ3v) is 5.61. The van der Waals surface area contributed by atoms with Gasteiger partial charge in [-0.1, -0.05) is 31.7 Å². The SMILES string of the molecule is O=C(NC1CCCCCC1)[C@@H]1CCCN1C(=O)c1cccs1. The second-order valence-electron chi connectivity index (χ2n) is 6.33. The Morgan fingerprint density at radius 1 is 1.09 bits per heavy atom. The molecule has 1 saturated heterocycles. The predicted molar refractivity (Wildman–Crippen MR) is 88.0 cm³/mol. The molecule has 22 heavy (non-hydrogen) atoms. The van der Waals surface area contributed by atoms with Crippen LogP contribution >= 0.6 is 11.3 Å². The number of likely N-dealkylation sites (tertiary alicyclic amines) is 1. The first-order valence-corrected chi connectivity index (χ1v) is 9.28. The summed E-state index contributed by atoms with van der Waals surface area (Å²) in [5.41, 5.74) is 0. The molecule has 0 radical (unpaired) electrons. The molecule has 1 aliphatic heterocycles. The van der Waals surface area contributed by atoms with Gasteiger partial charge in [0.05, 0.1) is 4.88 Å². The summed E-state index contributed by atoms with van der Waals surface area (Å²) in [5.74, 6) is 0.0582.